The second kappa shape index (κ2) is 14.8. The van der Waals surface area contributed by atoms with E-state index < -0.39 is 0 Å². The summed E-state index contributed by atoms with van der Waals surface area (Å²) in [6.45, 7) is 8.49. The van der Waals surface area contributed by atoms with Gasteiger partial charge in [-0.3, -0.25) is 0 Å². The van der Waals surface area contributed by atoms with Gasteiger partial charge in [-0.05, 0) is 38.9 Å². The molecule has 0 aliphatic carbocycles. The van der Waals surface area contributed by atoms with Gasteiger partial charge in [-0.15, -0.1) is 17.0 Å². The fourth-order valence-electron chi connectivity index (χ4n) is 2.69. The summed E-state index contributed by atoms with van der Waals surface area (Å²) in [5.41, 5.74) is 0.0238. The SMILES string of the molecule is Br.CCCCCCCCCCCNC(C)(C)COc1ccccc1. The Labute approximate surface area is 160 Å². The molecule has 0 atom stereocenters. The molecule has 1 N–H and O–H groups in total. The van der Waals surface area contributed by atoms with Crippen molar-refractivity contribution >= 4 is 17.0 Å². The molecule has 0 bridgehead atoms. The Kier molecular flexibility index (Phi) is 14.4. The Morgan fingerprint density at radius 1 is 0.833 bits per heavy atom. The molecule has 0 spiro atoms. The number of nitrogens with one attached hydrogen (secondary N) is 1. The fraction of sp³-hybridized carbons (Fsp3) is 0.714. The highest BCUT2D eigenvalue weighted by Crippen LogP contribution is 2.13. The molecule has 0 aromatic heterocycles. The quantitative estimate of drug-likeness (QED) is 0.358. The predicted octanol–water partition coefficient (Wildman–Crippen LogP) is 6.54. The normalized spacial score (nSPS) is 11.1. The minimum atomic E-state index is 0. The summed E-state index contributed by atoms with van der Waals surface area (Å²) in [4.78, 5) is 0. The van der Waals surface area contributed by atoms with Crippen LogP contribution in [-0.2, 0) is 0 Å². The first-order valence-electron chi connectivity index (χ1n) is 9.57. The number of hydrogen-bond acceptors (Lipinski definition) is 2. The average molecular weight is 400 g/mol. The number of hydrogen-bond donors (Lipinski definition) is 1. The van der Waals surface area contributed by atoms with E-state index in [-0.39, 0.29) is 22.5 Å². The molecule has 1 aromatic carbocycles. The first-order chi connectivity index (χ1) is 11.1. The van der Waals surface area contributed by atoms with Gasteiger partial charge in [0.15, 0.2) is 0 Å². The summed E-state index contributed by atoms with van der Waals surface area (Å²) < 4.78 is 5.85. The Hall–Kier alpha value is -0.540. The van der Waals surface area contributed by atoms with Crippen molar-refractivity contribution in [3.05, 3.63) is 30.3 Å². The molecule has 0 aliphatic heterocycles. The molecule has 0 saturated heterocycles. The van der Waals surface area contributed by atoms with Gasteiger partial charge in [0.05, 0.1) is 0 Å². The summed E-state index contributed by atoms with van der Waals surface area (Å²) in [7, 11) is 0. The zero-order valence-electron chi connectivity index (χ0n) is 16.0. The highest BCUT2D eigenvalue weighted by atomic mass is 79.9. The van der Waals surface area contributed by atoms with Gasteiger partial charge in [-0.25, -0.2) is 0 Å². The smallest absolute Gasteiger partial charge is 0.119 e. The molecule has 3 heteroatoms. The molecule has 0 amide bonds. The van der Waals surface area contributed by atoms with Crippen molar-refractivity contribution in [2.45, 2.75) is 84.1 Å². The molecule has 0 heterocycles. The summed E-state index contributed by atoms with van der Waals surface area (Å²) >= 11 is 0. The van der Waals surface area contributed by atoms with Crippen molar-refractivity contribution in [2.75, 3.05) is 13.2 Å². The molecular weight excluding hydrogens is 362 g/mol. The van der Waals surface area contributed by atoms with Gasteiger partial charge >= 0.3 is 0 Å². The number of ether oxygens (including phenoxy) is 1. The van der Waals surface area contributed by atoms with E-state index in [9.17, 15) is 0 Å². The van der Waals surface area contributed by atoms with Gasteiger partial charge in [-0.1, -0.05) is 76.5 Å². The van der Waals surface area contributed by atoms with Crippen LogP contribution in [0.2, 0.25) is 0 Å². The van der Waals surface area contributed by atoms with Crippen LogP contribution in [0.25, 0.3) is 0 Å². The molecule has 24 heavy (non-hydrogen) atoms. The fourth-order valence-corrected chi connectivity index (χ4v) is 2.69. The maximum absolute atomic E-state index is 5.85. The van der Waals surface area contributed by atoms with Crippen LogP contribution in [0.1, 0.15) is 78.6 Å². The molecule has 0 unspecified atom stereocenters. The number of rotatable bonds is 14. The van der Waals surface area contributed by atoms with E-state index in [1.165, 1.54) is 57.8 Å². The van der Waals surface area contributed by atoms with Crippen molar-refractivity contribution in [2.24, 2.45) is 0 Å². The van der Waals surface area contributed by atoms with Gasteiger partial charge in [0.2, 0.25) is 0 Å². The third kappa shape index (κ3) is 12.8. The standard InChI is InChI=1S/C21H37NO.BrH/c1-4-5-6-7-8-9-10-11-15-18-22-21(2,3)19-23-20-16-13-12-14-17-20;/h12-14,16-17,22H,4-11,15,18-19H2,1-3H3;1H. The van der Waals surface area contributed by atoms with Gasteiger partial charge < -0.3 is 10.1 Å². The highest BCUT2D eigenvalue weighted by Gasteiger charge is 2.17. The molecule has 0 saturated carbocycles. The van der Waals surface area contributed by atoms with Crippen LogP contribution in [0, 0.1) is 0 Å². The first-order valence-corrected chi connectivity index (χ1v) is 9.57. The lowest BCUT2D eigenvalue weighted by atomic mass is 10.1. The lowest BCUT2D eigenvalue weighted by molar-refractivity contribution is 0.208. The number of halogens is 1. The van der Waals surface area contributed by atoms with E-state index in [0.717, 1.165) is 12.3 Å². The van der Waals surface area contributed by atoms with Crippen molar-refractivity contribution in [3.8, 4) is 5.75 Å². The molecule has 1 aromatic rings. The van der Waals surface area contributed by atoms with E-state index in [2.05, 4.69) is 26.1 Å². The summed E-state index contributed by atoms with van der Waals surface area (Å²) in [6, 6.07) is 10.1. The average Bonchev–Trinajstić information content (AvgIpc) is 2.56. The molecular formula is C21H38BrNO. The monoisotopic (exact) mass is 399 g/mol. The lowest BCUT2D eigenvalue weighted by Crippen LogP contribution is -2.45. The third-order valence-electron chi connectivity index (χ3n) is 4.23. The maximum Gasteiger partial charge on any atom is 0.119 e. The van der Waals surface area contributed by atoms with Gasteiger partial charge in [0.25, 0.3) is 0 Å². The second-order valence-electron chi connectivity index (χ2n) is 7.24. The van der Waals surface area contributed by atoms with Crippen molar-refractivity contribution in [1.29, 1.82) is 0 Å². The number of benzene rings is 1. The molecule has 0 aliphatic rings. The predicted molar refractivity (Wildman–Crippen MR) is 112 cm³/mol. The lowest BCUT2D eigenvalue weighted by Gasteiger charge is -2.26. The van der Waals surface area contributed by atoms with E-state index in [1.807, 2.05) is 30.3 Å². The first kappa shape index (κ1) is 23.5. The molecule has 0 fully saturated rings. The van der Waals surface area contributed by atoms with E-state index in [1.54, 1.807) is 0 Å². The van der Waals surface area contributed by atoms with Crippen LogP contribution < -0.4 is 10.1 Å². The summed E-state index contributed by atoms with van der Waals surface area (Å²) in [6.07, 6.45) is 12.4. The van der Waals surface area contributed by atoms with Crippen LogP contribution >= 0.6 is 17.0 Å². The molecule has 2 nitrogen and oxygen atoms in total. The van der Waals surface area contributed by atoms with Crippen molar-refractivity contribution in [1.82, 2.24) is 5.32 Å². The van der Waals surface area contributed by atoms with Crippen LogP contribution in [0.3, 0.4) is 0 Å². The zero-order chi connectivity index (χ0) is 16.8. The molecule has 0 radical (unpaired) electrons. The van der Waals surface area contributed by atoms with Crippen molar-refractivity contribution < 1.29 is 4.74 Å². The number of unbranched alkanes of at least 4 members (excludes halogenated alkanes) is 8. The largest absolute Gasteiger partial charge is 0.492 e. The highest BCUT2D eigenvalue weighted by molar-refractivity contribution is 8.93. The Balaban J connectivity index is 0.00000529. The Morgan fingerprint density at radius 2 is 1.38 bits per heavy atom. The molecule has 140 valence electrons. The van der Waals surface area contributed by atoms with Crippen LogP contribution in [0.4, 0.5) is 0 Å². The summed E-state index contributed by atoms with van der Waals surface area (Å²) in [5.74, 6) is 0.949. The number of para-hydroxylation sites is 1. The van der Waals surface area contributed by atoms with Crippen molar-refractivity contribution in [3.63, 3.8) is 0 Å². The van der Waals surface area contributed by atoms with E-state index in [4.69, 9.17) is 4.74 Å². The topological polar surface area (TPSA) is 21.3 Å². The van der Waals surface area contributed by atoms with Gasteiger partial charge in [-0.2, -0.15) is 0 Å². The second-order valence-corrected chi connectivity index (χ2v) is 7.24. The Morgan fingerprint density at radius 3 is 1.96 bits per heavy atom. The van der Waals surface area contributed by atoms with Gasteiger partial charge in [0.1, 0.15) is 12.4 Å². The van der Waals surface area contributed by atoms with Crippen LogP contribution in [-0.4, -0.2) is 18.7 Å². The van der Waals surface area contributed by atoms with E-state index >= 15 is 0 Å². The Bertz CT molecular complexity index is 381. The zero-order valence-corrected chi connectivity index (χ0v) is 17.7. The van der Waals surface area contributed by atoms with E-state index in [0.29, 0.717) is 6.61 Å². The molecule has 1 rings (SSSR count). The van der Waals surface area contributed by atoms with Gasteiger partial charge in [0, 0.05) is 5.54 Å². The minimum absolute atomic E-state index is 0. The third-order valence-corrected chi connectivity index (χ3v) is 4.23. The summed E-state index contributed by atoms with van der Waals surface area (Å²) in [5, 5.41) is 3.62. The van der Waals surface area contributed by atoms with Crippen LogP contribution in [0.5, 0.6) is 5.75 Å². The van der Waals surface area contributed by atoms with Crippen LogP contribution in [0.15, 0.2) is 30.3 Å². The minimum Gasteiger partial charge on any atom is -0.492 e. The maximum atomic E-state index is 5.85.